The average molecular weight is 277 g/mol. The minimum absolute atomic E-state index is 0.0521. The van der Waals surface area contributed by atoms with Crippen LogP contribution in [0.2, 0.25) is 0 Å². The van der Waals surface area contributed by atoms with Crippen LogP contribution in [0.15, 0.2) is 12.1 Å². The summed E-state index contributed by atoms with van der Waals surface area (Å²) in [7, 11) is 3.29. The Hall–Kier alpha value is -1.55. The van der Waals surface area contributed by atoms with Crippen LogP contribution < -0.4 is 9.47 Å². The van der Waals surface area contributed by atoms with Crippen molar-refractivity contribution in [2.45, 2.75) is 38.8 Å². The summed E-state index contributed by atoms with van der Waals surface area (Å²) < 4.78 is 10.7. The van der Waals surface area contributed by atoms with Gasteiger partial charge in [-0.1, -0.05) is 6.42 Å². The SMILES string of the molecule is COc1cc(C)c(CN2CCCCC2C=O)cc1OC. The number of methoxy groups -OCH3 is 2. The topological polar surface area (TPSA) is 38.8 Å². The van der Waals surface area contributed by atoms with E-state index in [9.17, 15) is 4.79 Å². The molecule has 110 valence electrons. The van der Waals surface area contributed by atoms with Gasteiger partial charge < -0.3 is 14.3 Å². The summed E-state index contributed by atoms with van der Waals surface area (Å²) >= 11 is 0. The molecule has 0 spiro atoms. The van der Waals surface area contributed by atoms with E-state index in [2.05, 4.69) is 11.8 Å². The van der Waals surface area contributed by atoms with E-state index < -0.39 is 0 Å². The van der Waals surface area contributed by atoms with E-state index in [4.69, 9.17) is 9.47 Å². The van der Waals surface area contributed by atoms with Gasteiger partial charge >= 0.3 is 0 Å². The van der Waals surface area contributed by atoms with Crippen LogP contribution in [0.25, 0.3) is 0 Å². The fraction of sp³-hybridized carbons (Fsp3) is 0.562. The molecule has 0 bridgehead atoms. The van der Waals surface area contributed by atoms with E-state index in [-0.39, 0.29) is 6.04 Å². The summed E-state index contributed by atoms with van der Waals surface area (Å²) in [6.45, 7) is 3.84. The lowest BCUT2D eigenvalue weighted by Gasteiger charge is -2.32. The largest absolute Gasteiger partial charge is 0.493 e. The molecule has 0 aliphatic carbocycles. The monoisotopic (exact) mass is 277 g/mol. The second kappa shape index (κ2) is 6.75. The number of rotatable bonds is 5. The fourth-order valence-electron chi connectivity index (χ4n) is 2.78. The molecular formula is C16H23NO3. The van der Waals surface area contributed by atoms with Crippen LogP contribution in [0, 0.1) is 6.92 Å². The van der Waals surface area contributed by atoms with E-state index in [0.29, 0.717) is 0 Å². The summed E-state index contributed by atoms with van der Waals surface area (Å²) in [5.41, 5.74) is 2.36. The highest BCUT2D eigenvalue weighted by atomic mass is 16.5. The Morgan fingerprint density at radius 3 is 2.60 bits per heavy atom. The first-order chi connectivity index (χ1) is 9.69. The second-order valence-electron chi connectivity index (χ2n) is 5.30. The third-order valence-electron chi connectivity index (χ3n) is 4.04. The van der Waals surface area contributed by atoms with Crippen molar-refractivity contribution < 1.29 is 14.3 Å². The molecule has 1 atom stereocenters. The lowest BCUT2D eigenvalue weighted by molar-refractivity contribution is -0.113. The molecule has 0 amide bonds. The molecule has 0 saturated carbocycles. The molecule has 1 saturated heterocycles. The molecule has 1 aliphatic heterocycles. The lowest BCUT2D eigenvalue weighted by Crippen LogP contribution is -2.40. The fourth-order valence-corrected chi connectivity index (χ4v) is 2.78. The first-order valence-electron chi connectivity index (χ1n) is 7.10. The first kappa shape index (κ1) is 14.9. The van der Waals surface area contributed by atoms with Gasteiger partial charge in [-0.25, -0.2) is 0 Å². The van der Waals surface area contributed by atoms with Gasteiger partial charge in [-0.05, 0) is 49.6 Å². The summed E-state index contributed by atoms with van der Waals surface area (Å²) in [5.74, 6) is 1.49. The molecule has 1 aromatic carbocycles. The van der Waals surface area contributed by atoms with Crippen LogP contribution >= 0.6 is 0 Å². The Kier molecular flexibility index (Phi) is 5.01. The number of carbonyl (C=O) groups excluding carboxylic acids is 1. The van der Waals surface area contributed by atoms with E-state index in [1.807, 2.05) is 12.1 Å². The quantitative estimate of drug-likeness (QED) is 0.775. The minimum atomic E-state index is 0.0521. The third-order valence-corrected chi connectivity index (χ3v) is 4.04. The zero-order chi connectivity index (χ0) is 14.5. The van der Waals surface area contributed by atoms with E-state index in [0.717, 1.165) is 55.7 Å². The predicted molar refractivity (Wildman–Crippen MR) is 78.4 cm³/mol. The summed E-state index contributed by atoms with van der Waals surface area (Å²) in [5, 5.41) is 0. The number of nitrogens with zero attached hydrogens (tertiary/aromatic N) is 1. The van der Waals surface area contributed by atoms with Crippen LogP contribution in [0.3, 0.4) is 0 Å². The van der Waals surface area contributed by atoms with Crippen molar-refractivity contribution in [2.75, 3.05) is 20.8 Å². The number of aldehydes is 1. The molecule has 20 heavy (non-hydrogen) atoms. The van der Waals surface area contributed by atoms with Gasteiger partial charge in [0.25, 0.3) is 0 Å². The van der Waals surface area contributed by atoms with Crippen molar-refractivity contribution in [2.24, 2.45) is 0 Å². The van der Waals surface area contributed by atoms with Gasteiger partial charge in [0, 0.05) is 6.54 Å². The molecule has 1 unspecified atom stereocenters. The molecule has 4 nitrogen and oxygen atoms in total. The number of carbonyl (C=O) groups is 1. The van der Waals surface area contributed by atoms with Crippen LogP contribution in [0.5, 0.6) is 11.5 Å². The average Bonchev–Trinajstić information content (AvgIpc) is 2.49. The van der Waals surface area contributed by atoms with Crippen molar-refractivity contribution in [1.82, 2.24) is 4.90 Å². The highest BCUT2D eigenvalue weighted by molar-refractivity contribution is 5.58. The number of hydrogen-bond acceptors (Lipinski definition) is 4. The summed E-state index contributed by atoms with van der Waals surface area (Å²) in [6, 6.07) is 4.06. The third kappa shape index (κ3) is 3.12. The van der Waals surface area contributed by atoms with Gasteiger partial charge in [-0.2, -0.15) is 0 Å². The van der Waals surface area contributed by atoms with Gasteiger partial charge in [0.2, 0.25) is 0 Å². The van der Waals surface area contributed by atoms with Crippen molar-refractivity contribution in [3.8, 4) is 11.5 Å². The molecule has 1 heterocycles. The van der Waals surface area contributed by atoms with Gasteiger partial charge in [-0.3, -0.25) is 4.90 Å². The number of likely N-dealkylation sites (tertiary alicyclic amines) is 1. The van der Waals surface area contributed by atoms with Crippen molar-refractivity contribution in [1.29, 1.82) is 0 Å². The maximum absolute atomic E-state index is 11.2. The predicted octanol–water partition coefficient (Wildman–Crippen LogP) is 2.57. The number of ether oxygens (including phenoxy) is 2. The smallest absolute Gasteiger partial charge is 0.161 e. The first-order valence-corrected chi connectivity index (χ1v) is 7.10. The molecular weight excluding hydrogens is 254 g/mol. The minimum Gasteiger partial charge on any atom is -0.493 e. The van der Waals surface area contributed by atoms with Gasteiger partial charge in [0.15, 0.2) is 11.5 Å². The van der Waals surface area contributed by atoms with Gasteiger partial charge in [-0.15, -0.1) is 0 Å². The van der Waals surface area contributed by atoms with Crippen molar-refractivity contribution >= 4 is 6.29 Å². The Morgan fingerprint density at radius 2 is 1.95 bits per heavy atom. The van der Waals surface area contributed by atoms with Crippen molar-refractivity contribution in [3.63, 3.8) is 0 Å². The van der Waals surface area contributed by atoms with Crippen LogP contribution in [-0.4, -0.2) is 38.0 Å². The molecule has 1 fully saturated rings. The molecule has 0 aromatic heterocycles. The molecule has 0 N–H and O–H groups in total. The lowest BCUT2D eigenvalue weighted by atomic mass is 10.0. The van der Waals surface area contributed by atoms with Crippen LogP contribution in [-0.2, 0) is 11.3 Å². The highest BCUT2D eigenvalue weighted by Gasteiger charge is 2.22. The summed E-state index contributed by atoms with van der Waals surface area (Å²) in [4.78, 5) is 13.4. The van der Waals surface area contributed by atoms with E-state index in [1.165, 1.54) is 5.56 Å². The number of piperidine rings is 1. The standard InChI is InChI=1S/C16H23NO3/c1-12-8-15(19-2)16(20-3)9-13(12)10-17-7-5-4-6-14(17)11-18/h8-9,11,14H,4-7,10H2,1-3H3. The molecule has 4 heteroatoms. The number of aryl methyl sites for hydroxylation is 1. The number of hydrogen-bond donors (Lipinski definition) is 0. The Balaban J connectivity index is 2.21. The highest BCUT2D eigenvalue weighted by Crippen LogP contribution is 2.31. The van der Waals surface area contributed by atoms with E-state index >= 15 is 0 Å². The Bertz CT molecular complexity index is 473. The molecule has 0 radical (unpaired) electrons. The molecule has 1 aromatic rings. The molecule has 1 aliphatic rings. The van der Waals surface area contributed by atoms with E-state index in [1.54, 1.807) is 14.2 Å². The number of benzene rings is 1. The maximum atomic E-state index is 11.2. The van der Waals surface area contributed by atoms with Crippen molar-refractivity contribution in [3.05, 3.63) is 23.3 Å². The van der Waals surface area contributed by atoms with Gasteiger partial charge in [0.1, 0.15) is 6.29 Å². The maximum Gasteiger partial charge on any atom is 0.161 e. The second-order valence-corrected chi connectivity index (χ2v) is 5.30. The zero-order valence-corrected chi connectivity index (χ0v) is 12.5. The Labute approximate surface area is 120 Å². The zero-order valence-electron chi connectivity index (χ0n) is 12.5. The normalized spacial score (nSPS) is 19.6. The Morgan fingerprint density at radius 1 is 1.25 bits per heavy atom. The van der Waals surface area contributed by atoms with Crippen LogP contribution in [0.1, 0.15) is 30.4 Å². The molecule has 2 rings (SSSR count). The summed E-state index contributed by atoms with van der Waals surface area (Å²) in [6.07, 6.45) is 4.35. The van der Waals surface area contributed by atoms with Gasteiger partial charge in [0.05, 0.1) is 20.3 Å². The van der Waals surface area contributed by atoms with Crippen LogP contribution in [0.4, 0.5) is 0 Å².